The van der Waals surface area contributed by atoms with Gasteiger partial charge in [-0.1, -0.05) is 24.3 Å². The van der Waals surface area contributed by atoms with E-state index in [2.05, 4.69) is 6.92 Å². The molecule has 1 aromatic carbocycles. The largest absolute Gasteiger partial charge is 0.478 e. The van der Waals surface area contributed by atoms with Crippen LogP contribution in [0.4, 0.5) is 0 Å². The van der Waals surface area contributed by atoms with Gasteiger partial charge in [0.25, 0.3) is 0 Å². The first-order valence-electron chi connectivity index (χ1n) is 5.50. The number of rotatable bonds is 5. The van der Waals surface area contributed by atoms with Gasteiger partial charge in [0.15, 0.2) is 0 Å². The fourth-order valence-corrected chi connectivity index (χ4v) is 1.58. The van der Waals surface area contributed by atoms with E-state index in [0.717, 1.165) is 16.7 Å². The van der Waals surface area contributed by atoms with Gasteiger partial charge in [-0.05, 0) is 43.4 Å². The van der Waals surface area contributed by atoms with Crippen molar-refractivity contribution in [2.24, 2.45) is 0 Å². The predicted octanol–water partition coefficient (Wildman–Crippen LogP) is 1.98. The zero-order chi connectivity index (χ0) is 12.8. The van der Waals surface area contributed by atoms with E-state index in [1.54, 1.807) is 13.0 Å². The Bertz CT molecular complexity index is 433. The Balaban J connectivity index is 2.88. The van der Waals surface area contributed by atoms with E-state index in [1.807, 2.05) is 18.2 Å². The van der Waals surface area contributed by atoms with Gasteiger partial charge in [-0.25, -0.2) is 4.79 Å². The summed E-state index contributed by atoms with van der Waals surface area (Å²) in [5, 5.41) is 17.7. The third-order valence-electron chi connectivity index (χ3n) is 2.72. The number of carboxylic acid groups (broad SMARTS) is 1. The Morgan fingerprint density at radius 3 is 2.65 bits per heavy atom. The van der Waals surface area contributed by atoms with Gasteiger partial charge < -0.3 is 10.2 Å². The highest BCUT2D eigenvalue weighted by Gasteiger charge is 2.04. The number of carbonyl (C=O) groups is 1. The Hall–Kier alpha value is -1.61. The van der Waals surface area contributed by atoms with Crippen LogP contribution in [0.15, 0.2) is 29.8 Å². The second-order valence-corrected chi connectivity index (χ2v) is 3.92. The molecule has 0 saturated heterocycles. The molecule has 17 heavy (non-hydrogen) atoms. The van der Waals surface area contributed by atoms with E-state index >= 15 is 0 Å². The summed E-state index contributed by atoms with van der Waals surface area (Å²) in [5.41, 5.74) is 3.22. The number of benzene rings is 1. The molecule has 1 radical (unpaired) electrons. The van der Waals surface area contributed by atoms with Crippen LogP contribution in [0.1, 0.15) is 23.6 Å². The normalized spacial score (nSPS) is 11.6. The molecule has 0 spiro atoms. The first kappa shape index (κ1) is 13.5. The second-order valence-electron chi connectivity index (χ2n) is 3.92. The maximum Gasteiger partial charge on any atom is 0.330 e. The molecule has 0 aliphatic heterocycles. The smallest absolute Gasteiger partial charge is 0.330 e. The van der Waals surface area contributed by atoms with Crippen LogP contribution in [0.5, 0.6) is 0 Å². The van der Waals surface area contributed by atoms with Crippen LogP contribution in [-0.4, -0.2) is 22.8 Å². The van der Waals surface area contributed by atoms with Gasteiger partial charge in [-0.3, -0.25) is 0 Å². The summed E-state index contributed by atoms with van der Waals surface area (Å²) in [5.74, 6) is -0.901. The number of carboxylic acids is 1. The lowest BCUT2D eigenvalue weighted by Gasteiger charge is -2.08. The molecule has 0 atom stereocenters. The van der Waals surface area contributed by atoms with E-state index < -0.39 is 5.97 Å². The minimum atomic E-state index is -0.901. The van der Waals surface area contributed by atoms with Crippen LogP contribution < -0.4 is 0 Å². The van der Waals surface area contributed by atoms with Gasteiger partial charge in [0, 0.05) is 12.2 Å². The number of hydrogen-bond donors (Lipinski definition) is 2. The number of hydrogen-bond acceptors (Lipinski definition) is 2. The molecule has 0 amide bonds. The van der Waals surface area contributed by atoms with E-state index in [0.29, 0.717) is 18.4 Å². The monoisotopic (exact) mass is 233 g/mol. The maximum atomic E-state index is 10.7. The Morgan fingerprint density at radius 2 is 2.06 bits per heavy atom. The zero-order valence-corrected chi connectivity index (χ0v) is 9.94. The Labute approximate surface area is 101 Å². The van der Waals surface area contributed by atoms with Crippen LogP contribution in [0.3, 0.4) is 0 Å². The van der Waals surface area contributed by atoms with Crippen LogP contribution in [0.25, 0.3) is 0 Å². The van der Waals surface area contributed by atoms with Gasteiger partial charge in [-0.15, -0.1) is 0 Å². The van der Waals surface area contributed by atoms with E-state index in [4.69, 9.17) is 10.2 Å². The van der Waals surface area contributed by atoms with E-state index in [-0.39, 0.29) is 6.61 Å². The summed E-state index contributed by atoms with van der Waals surface area (Å²) in [6.07, 6.45) is 2.81. The molecule has 0 fully saturated rings. The SMILES string of the molecule is [CH2]c1c(CC=C(C)C(=O)O)cccc1CCO. The van der Waals surface area contributed by atoms with Crippen LogP contribution in [0.2, 0.25) is 0 Å². The Morgan fingerprint density at radius 1 is 1.41 bits per heavy atom. The molecule has 0 aliphatic carbocycles. The molecule has 0 saturated carbocycles. The fraction of sp³-hybridized carbons (Fsp3) is 0.286. The molecule has 0 aliphatic rings. The highest BCUT2D eigenvalue weighted by molar-refractivity contribution is 5.85. The molecule has 2 N–H and O–H groups in total. The minimum absolute atomic E-state index is 0.0932. The summed E-state index contributed by atoms with van der Waals surface area (Å²) < 4.78 is 0. The third-order valence-corrected chi connectivity index (χ3v) is 2.72. The first-order valence-corrected chi connectivity index (χ1v) is 5.50. The Kier molecular flexibility index (Phi) is 4.91. The highest BCUT2D eigenvalue weighted by atomic mass is 16.4. The molecule has 1 aromatic rings. The van der Waals surface area contributed by atoms with Crippen LogP contribution >= 0.6 is 0 Å². The number of aliphatic hydroxyl groups excluding tert-OH is 1. The van der Waals surface area contributed by atoms with E-state index in [1.165, 1.54) is 0 Å². The van der Waals surface area contributed by atoms with Crippen molar-refractivity contribution in [2.75, 3.05) is 6.61 Å². The molecule has 91 valence electrons. The summed E-state index contributed by atoms with van der Waals surface area (Å²) in [4.78, 5) is 10.7. The van der Waals surface area contributed by atoms with Gasteiger partial charge in [-0.2, -0.15) is 0 Å². The number of aliphatic carboxylic acids is 1. The summed E-state index contributed by atoms with van der Waals surface area (Å²) in [6, 6.07) is 5.75. The van der Waals surface area contributed by atoms with Crippen LogP contribution in [0, 0.1) is 6.92 Å². The van der Waals surface area contributed by atoms with Crippen molar-refractivity contribution in [3.05, 3.63) is 53.5 Å². The van der Waals surface area contributed by atoms with Gasteiger partial charge in [0.2, 0.25) is 0 Å². The molecule has 0 unspecified atom stereocenters. The van der Waals surface area contributed by atoms with Crippen molar-refractivity contribution in [2.45, 2.75) is 19.8 Å². The lowest BCUT2D eigenvalue weighted by atomic mass is 9.97. The molecule has 0 bridgehead atoms. The van der Waals surface area contributed by atoms with E-state index in [9.17, 15) is 4.79 Å². The highest BCUT2D eigenvalue weighted by Crippen LogP contribution is 2.15. The summed E-state index contributed by atoms with van der Waals surface area (Å²) in [6.45, 7) is 5.64. The molecular weight excluding hydrogens is 216 g/mol. The average Bonchev–Trinajstić information content (AvgIpc) is 2.30. The maximum absolute atomic E-state index is 10.7. The standard InChI is InChI=1S/C14H17O3/c1-10(14(16)17)6-7-12-4-3-5-13(8-9-15)11(12)2/h3-6,15H,2,7-9H2,1H3,(H,16,17). The molecule has 3 heteroatoms. The fourth-order valence-electron chi connectivity index (χ4n) is 1.58. The van der Waals surface area contributed by atoms with Crippen molar-refractivity contribution in [1.82, 2.24) is 0 Å². The second kappa shape index (κ2) is 6.21. The van der Waals surface area contributed by atoms with Crippen molar-refractivity contribution in [3.8, 4) is 0 Å². The molecule has 0 heterocycles. The predicted molar refractivity (Wildman–Crippen MR) is 66.8 cm³/mol. The zero-order valence-electron chi connectivity index (χ0n) is 9.94. The number of aliphatic hydroxyl groups is 1. The lowest BCUT2D eigenvalue weighted by Crippen LogP contribution is -2.00. The van der Waals surface area contributed by atoms with Gasteiger partial charge >= 0.3 is 5.97 Å². The van der Waals surface area contributed by atoms with Crippen molar-refractivity contribution < 1.29 is 15.0 Å². The topological polar surface area (TPSA) is 57.5 Å². The summed E-state index contributed by atoms with van der Waals surface area (Å²) >= 11 is 0. The van der Waals surface area contributed by atoms with Crippen molar-refractivity contribution in [1.29, 1.82) is 0 Å². The third kappa shape index (κ3) is 3.71. The lowest BCUT2D eigenvalue weighted by molar-refractivity contribution is -0.132. The molecule has 3 nitrogen and oxygen atoms in total. The minimum Gasteiger partial charge on any atom is -0.478 e. The number of allylic oxidation sites excluding steroid dienone is 1. The van der Waals surface area contributed by atoms with Crippen LogP contribution in [-0.2, 0) is 17.6 Å². The van der Waals surface area contributed by atoms with Crippen molar-refractivity contribution >= 4 is 5.97 Å². The van der Waals surface area contributed by atoms with Crippen molar-refractivity contribution in [3.63, 3.8) is 0 Å². The molecular formula is C14H17O3. The van der Waals surface area contributed by atoms with Gasteiger partial charge in [0.1, 0.15) is 0 Å². The first-order chi connectivity index (χ1) is 8.06. The molecule has 1 rings (SSSR count). The average molecular weight is 233 g/mol. The quantitative estimate of drug-likeness (QED) is 0.764. The summed E-state index contributed by atoms with van der Waals surface area (Å²) in [7, 11) is 0. The van der Waals surface area contributed by atoms with Gasteiger partial charge in [0.05, 0.1) is 0 Å². The molecule has 0 aromatic heterocycles.